The fourth-order valence-corrected chi connectivity index (χ4v) is 3.88. The van der Waals surface area contributed by atoms with E-state index < -0.39 is 5.60 Å². The minimum atomic E-state index is -0.617. The van der Waals surface area contributed by atoms with Crippen LogP contribution in [0.3, 0.4) is 0 Å². The molecule has 0 saturated carbocycles. The Labute approximate surface area is 121 Å². The van der Waals surface area contributed by atoms with Crippen LogP contribution in [-0.4, -0.2) is 71.2 Å². The van der Waals surface area contributed by atoms with Crippen molar-refractivity contribution >= 4 is 5.91 Å². The van der Waals surface area contributed by atoms with E-state index >= 15 is 0 Å². The van der Waals surface area contributed by atoms with Crippen LogP contribution in [0.25, 0.3) is 0 Å². The van der Waals surface area contributed by atoms with Crippen LogP contribution in [0, 0.1) is 0 Å². The van der Waals surface area contributed by atoms with E-state index in [4.69, 9.17) is 0 Å². The number of hydrogen-bond acceptors (Lipinski definition) is 4. The van der Waals surface area contributed by atoms with Crippen LogP contribution in [0.15, 0.2) is 0 Å². The minimum Gasteiger partial charge on any atom is -0.386 e. The summed E-state index contributed by atoms with van der Waals surface area (Å²) < 4.78 is 0. The smallest absolute Gasteiger partial charge is 0.240 e. The SMILES string of the molecule is CCC1(O)CN(C(=O)C2CCCN2C2CCNCC2)C1. The number of aliphatic hydroxyl groups is 1. The molecule has 0 aromatic heterocycles. The lowest BCUT2D eigenvalue weighted by Gasteiger charge is -2.48. The highest BCUT2D eigenvalue weighted by atomic mass is 16.3. The zero-order valence-corrected chi connectivity index (χ0v) is 12.5. The zero-order chi connectivity index (χ0) is 14.2. The van der Waals surface area contributed by atoms with Gasteiger partial charge in [0, 0.05) is 6.04 Å². The molecule has 0 spiro atoms. The van der Waals surface area contributed by atoms with E-state index in [2.05, 4.69) is 10.2 Å². The standard InChI is InChI=1S/C15H27N3O2/c1-2-15(20)10-17(11-15)14(19)13-4-3-9-18(13)12-5-7-16-8-6-12/h12-13,16,20H,2-11H2,1H3. The average Bonchev–Trinajstić information content (AvgIpc) is 2.93. The van der Waals surface area contributed by atoms with Crippen molar-refractivity contribution in [3.05, 3.63) is 0 Å². The Morgan fingerprint density at radius 1 is 1.30 bits per heavy atom. The normalized spacial score (nSPS) is 31.3. The maximum Gasteiger partial charge on any atom is 0.240 e. The highest BCUT2D eigenvalue weighted by Gasteiger charge is 2.46. The number of nitrogens with one attached hydrogen (secondary N) is 1. The maximum atomic E-state index is 12.6. The fraction of sp³-hybridized carbons (Fsp3) is 0.933. The van der Waals surface area contributed by atoms with Crippen LogP contribution < -0.4 is 5.32 Å². The Hall–Kier alpha value is -0.650. The number of piperidine rings is 1. The number of rotatable bonds is 3. The molecule has 0 aromatic carbocycles. The van der Waals surface area contributed by atoms with Crippen molar-refractivity contribution in [2.75, 3.05) is 32.7 Å². The molecule has 5 heteroatoms. The van der Waals surface area contributed by atoms with E-state index in [1.54, 1.807) is 0 Å². The van der Waals surface area contributed by atoms with Crippen LogP contribution >= 0.6 is 0 Å². The molecule has 114 valence electrons. The predicted octanol–water partition coefficient (Wildman–Crippen LogP) is 0.186. The quantitative estimate of drug-likeness (QED) is 0.775. The predicted molar refractivity (Wildman–Crippen MR) is 77.4 cm³/mol. The van der Waals surface area contributed by atoms with Gasteiger partial charge in [0.05, 0.1) is 24.7 Å². The molecular formula is C15H27N3O2. The summed E-state index contributed by atoms with van der Waals surface area (Å²) in [5, 5.41) is 13.5. The topological polar surface area (TPSA) is 55.8 Å². The molecule has 1 atom stereocenters. The van der Waals surface area contributed by atoms with Gasteiger partial charge >= 0.3 is 0 Å². The summed E-state index contributed by atoms with van der Waals surface area (Å²) in [6, 6.07) is 0.638. The second-order valence-electron chi connectivity index (χ2n) is 6.65. The van der Waals surface area contributed by atoms with Crippen LogP contribution in [-0.2, 0) is 4.79 Å². The molecule has 0 aliphatic carbocycles. The number of carbonyl (C=O) groups excluding carboxylic acids is 1. The Kier molecular flexibility index (Phi) is 4.02. The Morgan fingerprint density at radius 2 is 2.00 bits per heavy atom. The highest BCUT2D eigenvalue weighted by molar-refractivity contribution is 5.83. The van der Waals surface area contributed by atoms with E-state index in [0.717, 1.165) is 51.7 Å². The van der Waals surface area contributed by atoms with Gasteiger partial charge in [-0.15, -0.1) is 0 Å². The van der Waals surface area contributed by atoms with Crippen LogP contribution in [0.5, 0.6) is 0 Å². The van der Waals surface area contributed by atoms with Gasteiger partial charge in [-0.25, -0.2) is 0 Å². The number of amides is 1. The van der Waals surface area contributed by atoms with Crippen LogP contribution in [0.2, 0.25) is 0 Å². The van der Waals surface area contributed by atoms with Crippen molar-refractivity contribution in [1.29, 1.82) is 0 Å². The Balaban J connectivity index is 1.59. The lowest BCUT2D eigenvalue weighted by molar-refractivity contribution is -0.161. The number of hydrogen-bond donors (Lipinski definition) is 2. The molecule has 3 saturated heterocycles. The Morgan fingerprint density at radius 3 is 2.65 bits per heavy atom. The van der Waals surface area contributed by atoms with Gasteiger partial charge in [-0.1, -0.05) is 6.92 Å². The van der Waals surface area contributed by atoms with Crippen molar-refractivity contribution in [1.82, 2.24) is 15.1 Å². The summed E-state index contributed by atoms with van der Waals surface area (Å²) in [6.07, 6.45) is 5.17. The van der Waals surface area contributed by atoms with Gasteiger partial charge in [0.15, 0.2) is 0 Å². The second-order valence-corrected chi connectivity index (χ2v) is 6.65. The number of carbonyl (C=O) groups is 1. The molecule has 3 fully saturated rings. The van der Waals surface area contributed by atoms with Gasteiger partial charge in [0.1, 0.15) is 0 Å². The van der Waals surface area contributed by atoms with E-state index in [1.807, 2.05) is 11.8 Å². The fourth-order valence-electron chi connectivity index (χ4n) is 3.88. The minimum absolute atomic E-state index is 0.0690. The van der Waals surface area contributed by atoms with E-state index in [1.165, 1.54) is 0 Å². The first kappa shape index (κ1) is 14.3. The van der Waals surface area contributed by atoms with Gasteiger partial charge in [-0.2, -0.15) is 0 Å². The molecule has 5 nitrogen and oxygen atoms in total. The molecule has 0 radical (unpaired) electrons. The van der Waals surface area contributed by atoms with Crippen molar-refractivity contribution in [3.63, 3.8) is 0 Å². The molecular weight excluding hydrogens is 254 g/mol. The summed E-state index contributed by atoms with van der Waals surface area (Å²) in [6.45, 7) is 6.24. The summed E-state index contributed by atoms with van der Waals surface area (Å²) in [5.74, 6) is 0.249. The lowest BCUT2D eigenvalue weighted by Crippen LogP contribution is -2.66. The number of nitrogens with zero attached hydrogens (tertiary/aromatic N) is 2. The Bertz CT molecular complexity index is 362. The van der Waals surface area contributed by atoms with Gasteiger partial charge in [0.25, 0.3) is 0 Å². The molecule has 3 heterocycles. The molecule has 2 N–H and O–H groups in total. The summed E-state index contributed by atoms with van der Waals surface area (Å²) in [7, 11) is 0. The van der Waals surface area contributed by atoms with Gasteiger partial charge < -0.3 is 15.3 Å². The lowest BCUT2D eigenvalue weighted by atomic mass is 9.90. The van der Waals surface area contributed by atoms with Crippen LogP contribution in [0.1, 0.15) is 39.0 Å². The third kappa shape index (κ3) is 2.59. The number of β-amino-alcohol motifs (C(OH)–C–C–N with tert-alkyl or cyclic N) is 1. The highest BCUT2D eigenvalue weighted by Crippen LogP contribution is 2.30. The van der Waals surface area contributed by atoms with Gasteiger partial charge in [-0.05, 0) is 51.7 Å². The number of likely N-dealkylation sites (tertiary alicyclic amines) is 2. The first-order valence-electron chi connectivity index (χ1n) is 8.10. The van der Waals surface area contributed by atoms with Gasteiger partial charge in [-0.3, -0.25) is 9.69 Å². The molecule has 3 aliphatic rings. The second kappa shape index (κ2) is 5.62. The van der Waals surface area contributed by atoms with E-state index in [0.29, 0.717) is 19.1 Å². The zero-order valence-electron chi connectivity index (χ0n) is 12.5. The summed E-state index contributed by atoms with van der Waals surface area (Å²) in [5.41, 5.74) is -0.617. The molecule has 0 bridgehead atoms. The molecule has 0 aromatic rings. The third-order valence-electron chi connectivity index (χ3n) is 5.30. The molecule has 1 unspecified atom stereocenters. The van der Waals surface area contributed by atoms with Crippen LogP contribution in [0.4, 0.5) is 0 Å². The van der Waals surface area contributed by atoms with E-state index in [-0.39, 0.29) is 11.9 Å². The first-order chi connectivity index (χ1) is 9.63. The van der Waals surface area contributed by atoms with Crippen molar-refractivity contribution in [2.24, 2.45) is 0 Å². The maximum absolute atomic E-state index is 12.6. The summed E-state index contributed by atoms with van der Waals surface area (Å²) in [4.78, 5) is 16.9. The molecule has 1 amide bonds. The third-order valence-corrected chi connectivity index (χ3v) is 5.30. The molecule has 20 heavy (non-hydrogen) atoms. The van der Waals surface area contributed by atoms with Crippen molar-refractivity contribution in [2.45, 2.75) is 56.7 Å². The molecule has 3 aliphatic heterocycles. The summed E-state index contributed by atoms with van der Waals surface area (Å²) >= 11 is 0. The molecule has 3 rings (SSSR count). The van der Waals surface area contributed by atoms with Crippen molar-refractivity contribution < 1.29 is 9.90 Å². The average molecular weight is 281 g/mol. The van der Waals surface area contributed by atoms with E-state index in [9.17, 15) is 9.90 Å². The largest absolute Gasteiger partial charge is 0.386 e. The first-order valence-corrected chi connectivity index (χ1v) is 8.10. The van der Waals surface area contributed by atoms with Gasteiger partial charge in [0.2, 0.25) is 5.91 Å². The van der Waals surface area contributed by atoms with Crippen molar-refractivity contribution in [3.8, 4) is 0 Å². The monoisotopic (exact) mass is 281 g/mol.